The number of halogens is 3. The van der Waals surface area contributed by atoms with Crippen LogP contribution < -0.4 is 4.74 Å². The Morgan fingerprint density at radius 2 is 0.680 bits per heavy atom. The zero-order chi connectivity index (χ0) is 87.1. The topological polar surface area (TPSA) is 291 Å². The number of aryl methyl sites for hydroxylation is 1. The second kappa shape index (κ2) is 32.7. The van der Waals surface area contributed by atoms with E-state index in [0.29, 0.717) is 27.8 Å². The molecule has 21 nitrogen and oxygen atoms in total. The largest absolute Gasteiger partial charge is 0.573 e. The number of hydrogen-bond acceptors (Lipinski definition) is 11. The lowest BCUT2D eigenvalue weighted by Gasteiger charge is -2.16. The standard InChI is InChI=1S/C50H14N12.C48H19F3N8O/c1-57-35-15-32(16-36(18-35)58-2)41(25-55)47-39-20-38-37(19-40(39)50(62-6)46(47)30-9-10-43(59-3)44(17-30)60-4)42(26-56)45(29-7-8-31(23-53)34(14-29)24-54)48(38)49(61-5)33-12-27(21-51)11-28(13-33)22-52;1-26-6-8-30(9-7-26)43-44(40(24-54)31-17-33(56-2)19-34(18-31)57-3)38-21-37-36(20-39(38)47(43)59-5)41(25-55)42(29-10-12-35(13-11-29)60-48(49,50)51)45(37)46(58-4)32-15-27(22-52)14-28(16-32)23-53/h7-20H;6-21H,1H3/b47-41-,49-48+;44-40-,46-45+. The van der Waals surface area contributed by atoms with Crippen LogP contribution in [0.1, 0.15) is 128 Å². The van der Waals surface area contributed by atoms with Crippen LogP contribution in [0.3, 0.4) is 0 Å². The van der Waals surface area contributed by atoms with E-state index in [-0.39, 0.29) is 218 Å². The number of fused-ring (bicyclic) bond motifs is 4. The van der Waals surface area contributed by atoms with Crippen LogP contribution in [0.25, 0.3) is 138 Å². The van der Waals surface area contributed by atoms with Crippen molar-refractivity contribution in [3.8, 4) is 66.4 Å². The molecule has 0 bridgehead atoms. The summed E-state index contributed by atoms with van der Waals surface area (Å²) < 4.78 is 43.6. The molecule has 4 aliphatic rings. The number of allylic oxidation sites excluding steroid dienone is 12. The number of benzene rings is 10. The number of ether oxygens (including phenoxy) is 1. The molecule has 0 fully saturated rings. The first-order valence-corrected chi connectivity index (χ1v) is 35.0. The quantitative estimate of drug-likeness (QED) is 0.0966. The van der Waals surface area contributed by atoms with Crippen LogP contribution in [0.2, 0.25) is 0 Å². The Bertz CT molecular complexity index is 7450. The second-order valence-corrected chi connectivity index (χ2v) is 26.5. The predicted molar refractivity (Wildman–Crippen MR) is 445 cm³/mol. The minimum Gasteiger partial charge on any atom is -0.406 e. The Labute approximate surface area is 694 Å². The van der Waals surface area contributed by atoms with Crippen molar-refractivity contribution in [3.63, 3.8) is 0 Å². The van der Waals surface area contributed by atoms with Crippen LogP contribution in [-0.4, -0.2) is 6.36 Å². The van der Waals surface area contributed by atoms with Crippen molar-refractivity contribution in [2.75, 3.05) is 0 Å². The van der Waals surface area contributed by atoms with Gasteiger partial charge in [-0.1, -0.05) is 115 Å². The summed E-state index contributed by atoms with van der Waals surface area (Å²) in [6.45, 7) is 82.0. The number of alkyl halides is 3. The van der Waals surface area contributed by atoms with E-state index in [1.807, 2.05) is 55.5 Å². The zero-order valence-corrected chi connectivity index (χ0v) is 62.3. The van der Waals surface area contributed by atoms with Gasteiger partial charge < -0.3 is 4.74 Å². The SMILES string of the molecule is [C-]#[N+]C1=C(c2ccc(C)cc2)/C(=C(/C#N)c2cc([N+]#[C-])cc([N+]#[C-])c2)c2cc3c(cc21)C(C#N)=C(c1ccc(OC(F)(F)F)cc1)/C3=C(/[N+]#[C-])c1cc(C#N)cc(C#N)c1.[C-]#[N+]C1=C(c2ccc([N+]#[C-])c([N+]#[C-])c2)/C(=C(/C#N)c2cc([N+]#[C-])cc([N+]#[C-])c2)c2cc3c(cc21)C(C#N)=C(c1ccc(C#N)c(C#N)c1)/C3=C(/[N+]#[C-])c1cc(C#N)cc(C#N)c1. The molecule has 0 heterocycles. The molecule has 14 rings (SSSR count). The summed E-state index contributed by atoms with van der Waals surface area (Å²) in [6.07, 6.45) is -4.98. The van der Waals surface area contributed by atoms with Gasteiger partial charge in [0, 0.05) is 0 Å². The summed E-state index contributed by atoms with van der Waals surface area (Å²) in [7, 11) is 0. The van der Waals surface area contributed by atoms with Crippen LogP contribution >= 0.6 is 0 Å². The lowest BCUT2D eigenvalue weighted by molar-refractivity contribution is -0.274. The summed E-state index contributed by atoms with van der Waals surface area (Å²) >= 11 is 0. The van der Waals surface area contributed by atoms with Gasteiger partial charge in [-0.3, -0.25) is 9.69 Å². The Balaban J connectivity index is 0.000000210. The lowest BCUT2D eigenvalue weighted by atomic mass is 9.86. The molecular formula is C98H33F3N20O. The fourth-order valence-corrected chi connectivity index (χ4v) is 14.9. The monoisotopic (exact) mass is 1560 g/mol. The van der Waals surface area contributed by atoms with E-state index in [2.05, 4.69) is 77.5 Å². The summed E-state index contributed by atoms with van der Waals surface area (Å²) in [5.41, 5.74) is 7.63. The highest BCUT2D eigenvalue weighted by molar-refractivity contribution is 6.36. The molecular weight excluding hydrogens is 1530 g/mol. The molecule has 0 aromatic heterocycles. The van der Waals surface area contributed by atoms with Crippen LogP contribution in [0.15, 0.2) is 182 Å². The second-order valence-electron chi connectivity index (χ2n) is 26.5. The average molecular weight is 1560 g/mol. The van der Waals surface area contributed by atoms with E-state index in [1.165, 1.54) is 115 Å². The molecule has 122 heavy (non-hydrogen) atoms. The third-order valence-corrected chi connectivity index (χ3v) is 19.9. The Morgan fingerprint density at radius 3 is 1.05 bits per heavy atom. The summed E-state index contributed by atoms with van der Waals surface area (Å²) in [6, 6.07) is 65.1. The van der Waals surface area contributed by atoms with E-state index in [1.54, 1.807) is 42.5 Å². The van der Waals surface area contributed by atoms with Gasteiger partial charge in [-0.05, 0) is 213 Å². The molecule has 24 heteroatoms. The zero-order valence-electron chi connectivity index (χ0n) is 62.3. The smallest absolute Gasteiger partial charge is 0.406 e. The van der Waals surface area contributed by atoms with Crippen molar-refractivity contribution in [1.29, 1.82) is 52.6 Å². The molecule has 0 unspecified atom stereocenters. The van der Waals surface area contributed by atoms with Crippen molar-refractivity contribution < 1.29 is 17.9 Å². The van der Waals surface area contributed by atoms with Crippen LogP contribution in [0.4, 0.5) is 47.3 Å². The Hall–Kier alpha value is -20.5. The maximum absolute atomic E-state index is 13.2. The van der Waals surface area contributed by atoms with Crippen LogP contribution in [0.5, 0.6) is 5.75 Å². The summed E-state index contributed by atoms with van der Waals surface area (Å²) in [5, 5.41) is 103. The first-order chi connectivity index (χ1) is 59.1. The molecule has 0 radical (unpaired) electrons. The fraction of sp³-hybridized carbons (Fsp3) is 0.0204. The molecule has 10 aromatic carbocycles. The molecule has 0 saturated carbocycles. The van der Waals surface area contributed by atoms with Crippen molar-refractivity contribution in [1.82, 2.24) is 0 Å². The number of rotatable bonds is 9. The molecule has 10 aromatic rings. The van der Waals surface area contributed by atoms with Gasteiger partial charge in [0.2, 0.25) is 22.8 Å². The van der Waals surface area contributed by atoms with Gasteiger partial charge >= 0.3 is 6.36 Å². The number of hydrogen-bond donors (Lipinski definition) is 0. The normalized spacial score (nSPS) is 13.7. The predicted octanol–water partition coefficient (Wildman–Crippen LogP) is 24.1. The van der Waals surface area contributed by atoms with Gasteiger partial charge in [0.25, 0.3) is 0 Å². The molecule has 0 atom stereocenters. The fourth-order valence-electron chi connectivity index (χ4n) is 14.9. The summed E-state index contributed by atoms with van der Waals surface area (Å²) in [5.74, 6) is -0.533. The van der Waals surface area contributed by atoms with Crippen molar-refractivity contribution in [2.45, 2.75) is 13.3 Å². The number of nitrogens with zero attached hydrogens (tertiary/aromatic N) is 20. The first kappa shape index (κ1) is 79.6. The van der Waals surface area contributed by atoms with Crippen LogP contribution in [-0.2, 0) is 0 Å². The minimum atomic E-state index is -4.98. The lowest BCUT2D eigenvalue weighted by Crippen LogP contribution is -2.17. The highest BCUT2D eigenvalue weighted by Crippen LogP contribution is 2.60. The van der Waals surface area contributed by atoms with E-state index in [4.69, 9.17) is 65.7 Å². The van der Waals surface area contributed by atoms with Gasteiger partial charge in [-0.15, -0.1) is 13.2 Å². The highest BCUT2D eigenvalue weighted by atomic mass is 19.4. The third-order valence-electron chi connectivity index (χ3n) is 19.9. The molecule has 0 N–H and O–H groups in total. The van der Waals surface area contributed by atoms with Gasteiger partial charge in [0.05, 0.1) is 146 Å². The average Bonchev–Trinajstić information content (AvgIpc) is 1.55. The van der Waals surface area contributed by atoms with Gasteiger partial charge in [-0.2, -0.15) is 52.6 Å². The minimum absolute atomic E-state index is 0.00890. The molecule has 0 spiro atoms. The van der Waals surface area contributed by atoms with E-state index >= 15 is 0 Å². The molecule has 0 saturated heterocycles. The van der Waals surface area contributed by atoms with E-state index < -0.39 is 12.1 Å². The number of nitriles is 10. The van der Waals surface area contributed by atoms with Gasteiger partial charge in [0.15, 0.2) is 34.1 Å². The van der Waals surface area contributed by atoms with Crippen molar-refractivity contribution in [2.24, 2.45) is 0 Å². The summed E-state index contributed by atoms with van der Waals surface area (Å²) in [4.78, 5) is 36.6. The Morgan fingerprint density at radius 1 is 0.311 bits per heavy atom. The Kier molecular flexibility index (Phi) is 21.3. The van der Waals surface area contributed by atoms with Gasteiger partial charge in [0.1, 0.15) is 42.2 Å². The molecule has 0 amide bonds. The van der Waals surface area contributed by atoms with E-state index in [9.17, 15) is 65.8 Å². The van der Waals surface area contributed by atoms with E-state index in [0.717, 1.165) is 17.7 Å². The molecule has 0 aliphatic heterocycles. The maximum atomic E-state index is 13.2. The highest BCUT2D eigenvalue weighted by Gasteiger charge is 2.41. The maximum Gasteiger partial charge on any atom is 0.573 e. The van der Waals surface area contributed by atoms with Crippen LogP contribution in [0, 0.1) is 186 Å². The van der Waals surface area contributed by atoms with Crippen molar-refractivity contribution >= 4 is 124 Å². The first-order valence-electron chi connectivity index (χ1n) is 35.0. The molecule has 4 aliphatic carbocycles. The third kappa shape index (κ3) is 14.0. The molecule has 552 valence electrons. The van der Waals surface area contributed by atoms with Gasteiger partial charge in [-0.25, -0.2) is 38.8 Å². The van der Waals surface area contributed by atoms with Crippen molar-refractivity contribution in [3.05, 3.63) is 424 Å².